The van der Waals surface area contributed by atoms with Crippen molar-refractivity contribution in [3.05, 3.63) is 51.8 Å². The van der Waals surface area contributed by atoms with Gasteiger partial charge < -0.3 is 5.73 Å². The first-order chi connectivity index (χ1) is 10.1. The molecule has 1 unspecified atom stereocenters. The van der Waals surface area contributed by atoms with Crippen molar-refractivity contribution in [1.29, 1.82) is 0 Å². The van der Waals surface area contributed by atoms with Crippen molar-refractivity contribution in [2.24, 2.45) is 5.73 Å². The molecule has 2 N–H and O–H groups in total. The van der Waals surface area contributed by atoms with Crippen molar-refractivity contribution in [1.82, 2.24) is 9.78 Å². The van der Waals surface area contributed by atoms with E-state index < -0.39 is 0 Å². The molecule has 2 aromatic rings. The third-order valence-electron chi connectivity index (χ3n) is 4.50. The van der Waals surface area contributed by atoms with Crippen LogP contribution in [0.3, 0.4) is 0 Å². The van der Waals surface area contributed by atoms with Crippen LogP contribution in [0, 0.1) is 6.92 Å². The van der Waals surface area contributed by atoms with Crippen LogP contribution in [-0.4, -0.2) is 9.78 Å². The topological polar surface area (TPSA) is 43.8 Å². The van der Waals surface area contributed by atoms with Crippen molar-refractivity contribution in [3.63, 3.8) is 0 Å². The highest BCUT2D eigenvalue weighted by atomic mass is 79.9. The molecule has 0 spiro atoms. The van der Waals surface area contributed by atoms with Gasteiger partial charge in [0, 0.05) is 23.1 Å². The Kier molecular flexibility index (Phi) is 4.45. The summed E-state index contributed by atoms with van der Waals surface area (Å²) in [6.45, 7) is 2.11. The van der Waals surface area contributed by atoms with Crippen LogP contribution in [0.15, 0.2) is 34.9 Å². The Hall–Kier alpha value is -1.13. The monoisotopic (exact) mass is 347 g/mol. The van der Waals surface area contributed by atoms with Gasteiger partial charge in [0.25, 0.3) is 0 Å². The van der Waals surface area contributed by atoms with Crippen LogP contribution < -0.4 is 5.73 Å². The van der Waals surface area contributed by atoms with E-state index in [1.165, 1.54) is 36.8 Å². The summed E-state index contributed by atoms with van der Waals surface area (Å²) in [6, 6.07) is 8.92. The van der Waals surface area contributed by atoms with Crippen molar-refractivity contribution < 1.29 is 0 Å². The van der Waals surface area contributed by atoms with E-state index in [1.54, 1.807) is 0 Å². The Morgan fingerprint density at radius 3 is 2.86 bits per heavy atom. The number of benzene rings is 1. The fourth-order valence-corrected chi connectivity index (χ4v) is 3.60. The summed E-state index contributed by atoms with van der Waals surface area (Å²) >= 11 is 3.57. The van der Waals surface area contributed by atoms with E-state index in [0.717, 1.165) is 16.6 Å². The highest BCUT2D eigenvalue weighted by Crippen LogP contribution is 2.29. The summed E-state index contributed by atoms with van der Waals surface area (Å²) in [6.07, 6.45) is 8.09. The fraction of sp³-hybridized carbons (Fsp3) is 0.471. The Labute approximate surface area is 134 Å². The molecule has 1 atom stereocenters. The molecule has 1 aromatic heterocycles. The van der Waals surface area contributed by atoms with E-state index in [4.69, 9.17) is 10.8 Å². The predicted octanol–water partition coefficient (Wildman–Crippen LogP) is 4.31. The molecule has 1 aromatic carbocycles. The molecule has 0 amide bonds. The molecule has 1 aliphatic carbocycles. The van der Waals surface area contributed by atoms with Gasteiger partial charge in [0.2, 0.25) is 0 Å². The first-order valence-corrected chi connectivity index (χ1v) is 8.49. The molecule has 0 aliphatic heterocycles. The van der Waals surface area contributed by atoms with E-state index in [0.29, 0.717) is 6.04 Å². The summed E-state index contributed by atoms with van der Waals surface area (Å²) < 4.78 is 3.26. The van der Waals surface area contributed by atoms with Crippen LogP contribution in [0.4, 0.5) is 0 Å². The number of halogens is 1. The minimum Gasteiger partial charge on any atom is -0.324 e. The molecule has 3 rings (SSSR count). The largest absolute Gasteiger partial charge is 0.324 e. The van der Waals surface area contributed by atoms with E-state index in [-0.39, 0.29) is 6.04 Å². The van der Waals surface area contributed by atoms with Crippen LogP contribution in [0.1, 0.15) is 54.6 Å². The molecule has 0 bridgehead atoms. The van der Waals surface area contributed by atoms with Gasteiger partial charge in [-0.2, -0.15) is 5.10 Å². The molecule has 0 radical (unpaired) electrons. The van der Waals surface area contributed by atoms with E-state index in [2.05, 4.69) is 51.9 Å². The maximum Gasteiger partial charge on any atom is 0.0643 e. The molecule has 1 saturated carbocycles. The molecule has 0 saturated heterocycles. The van der Waals surface area contributed by atoms with Gasteiger partial charge in [0.1, 0.15) is 0 Å². The SMILES string of the molecule is Cc1c(Br)cccc1C(N)Cc1ccn(C2CCCC2)n1. The molecule has 3 nitrogen and oxygen atoms in total. The summed E-state index contributed by atoms with van der Waals surface area (Å²) in [5, 5.41) is 4.73. The standard InChI is InChI=1S/C17H22BrN3/c1-12-15(7-4-8-16(12)18)17(19)11-13-9-10-21(20-13)14-5-2-3-6-14/h4,7-10,14,17H,2-3,5-6,11,19H2,1H3. The van der Waals surface area contributed by atoms with Crippen molar-refractivity contribution in [3.8, 4) is 0 Å². The highest BCUT2D eigenvalue weighted by molar-refractivity contribution is 9.10. The summed E-state index contributed by atoms with van der Waals surface area (Å²) in [4.78, 5) is 0. The molecule has 112 valence electrons. The van der Waals surface area contributed by atoms with Gasteiger partial charge in [-0.3, -0.25) is 4.68 Å². The second kappa shape index (κ2) is 6.32. The van der Waals surface area contributed by atoms with Crippen LogP contribution in [0.5, 0.6) is 0 Å². The first-order valence-electron chi connectivity index (χ1n) is 7.70. The number of nitrogens with two attached hydrogens (primary N) is 1. The molecule has 4 heteroatoms. The number of rotatable bonds is 4. The van der Waals surface area contributed by atoms with E-state index >= 15 is 0 Å². The lowest BCUT2D eigenvalue weighted by Crippen LogP contribution is -2.15. The lowest BCUT2D eigenvalue weighted by Gasteiger charge is -2.15. The summed E-state index contributed by atoms with van der Waals surface area (Å²) in [5.74, 6) is 0. The molecule has 1 heterocycles. The summed E-state index contributed by atoms with van der Waals surface area (Å²) in [5.41, 5.74) is 9.90. The van der Waals surface area contributed by atoms with Gasteiger partial charge in [-0.05, 0) is 43.0 Å². The Balaban J connectivity index is 1.72. The molecular weight excluding hydrogens is 326 g/mol. The molecule has 1 aliphatic rings. The van der Waals surface area contributed by atoms with Gasteiger partial charge in [0.05, 0.1) is 11.7 Å². The zero-order valence-electron chi connectivity index (χ0n) is 12.4. The predicted molar refractivity (Wildman–Crippen MR) is 89.2 cm³/mol. The fourth-order valence-electron chi connectivity index (χ4n) is 3.22. The normalized spacial score (nSPS) is 17.3. The third kappa shape index (κ3) is 3.22. The zero-order valence-corrected chi connectivity index (χ0v) is 14.0. The van der Waals surface area contributed by atoms with Crippen molar-refractivity contribution in [2.75, 3.05) is 0 Å². The van der Waals surface area contributed by atoms with Crippen LogP contribution in [0.25, 0.3) is 0 Å². The minimum atomic E-state index is -0.00516. The average molecular weight is 348 g/mol. The van der Waals surface area contributed by atoms with Crippen LogP contribution in [-0.2, 0) is 6.42 Å². The molecular formula is C17H22BrN3. The van der Waals surface area contributed by atoms with Crippen molar-refractivity contribution >= 4 is 15.9 Å². The Morgan fingerprint density at radius 1 is 1.33 bits per heavy atom. The Bertz CT molecular complexity index is 614. The lowest BCUT2D eigenvalue weighted by atomic mass is 9.98. The summed E-state index contributed by atoms with van der Waals surface area (Å²) in [7, 11) is 0. The van der Waals surface area contributed by atoms with Gasteiger partial charge in [-0.1, -0.05) is 40.9 Å². The quantitative estimate of drug-likeness (QED) is 0.895. The van der Waals surface area contributed by atoms with Gasteiger partial charge in [0.15, 0.2) is 0 Å². The van der Waals surface area contributed by atoms with Gasteiger partial charge >= 0.3 is 0 Å². The number of hydrogen-bond donors (Lipinski definition) is 1. The van der Waals surface area contributed by atoms with Crippen LogP contribution in [0.2, 0.25) is 0 Å². The zero-order chi connectivity index (χ0) is 14.8. The molecule has 1 fully saturated rings. The minimum absolute atomic E-state index is 0.00516. The second-order valence-corrected chi connectivity index (χ2v) is 6.84. The smallest absolute Gasteiger partial charge is 0.0643 e. The third-order valence-corrected chi connectivity index (χ3v) is 5.36. The Morgan fingerprint density at radius 2 is 2.10 bits per heavy atom. The second-order valence-electron chi connectivity index (χ2n) is 5.99. The highest BCUT2D eigenvalue weighted by Gasteiger charge is 2.18. The first kappa shape index (κ1) is 14.8. The van der Waals surface area contributed by atoms with E-state index in [1.807, 2.05) is 6.07 Å². The molecule has 21 heavy (non-hydrogen) atoms. The maximum absolute atomic E-state index is 6.39. The number of aromatic nitrogens is 2. The van der Waals surface area contributed by atoms with Crippen molar-refractivity contribution in [2.45, 2.75) is 51.1 Å². The van der Waals surface area contributed by atoms with Gasteiger partial charge in [-0.25, -0.2) is 0 Å². The van der Waals surface area contributed by atoms with E-state index in [9.17, 15) is 0 Å². The average Bonchev–Trinajstić information content (AvgIpc) is 3.12. The number of hydrogen-bond acceptors (Lipinski definition) is 2. The number of nitrogens with zero attached hydrogens (tertiary/aromatic N) is 2. The van der Waals surface area contributed by atoms with Crippen LogP contribution >= 0.6 is 15.9 Å². The maximum atomic E-state index is 6.39. The lowest BCUT2D eigenvalue weighted by molar-refractivity contribution is 0.461. The van der Waals surface area contributed by atoms with Gasteiger partial charge in [-0.15, -0.1) is 0 Å².